The zero-order valence-electron chi connectivity index (χ0n) is 16.7. The van der Waals surface area contributed by atoms with Gasteiger partial charge in [0.25, 0.3) is 11.8 Å². The van der Waals surface area contributed by atoms with E-state index in [0.717, 1.165) is 43.2 Å². The molecule has 6 nitrogen and oxygen atoms in total. The van der Waals surface area contributed by atoms with Gasteiger partial charge in [0, 0.05) is 17.6 Å². The maximum atomic E-state index is 13.1. The highest BCUT2D eigenvalue weighted by Crippen LogP contribution is 2.23. The number of anilines is 1. The fourth-order valence-electron chi connectivity index (χ4n) is 3.40. The van der Waals surface area contributed by atoms with Gasteiger partial charge in [0.15, 0.2) is 5.11 Å². The summed E-state index contributed by atoms with van der Waals surface area (Å²) in [6.07, 6.45) is 4.34. The second-order valence-electron chi connectivity index (χ2n) is 7.00. The molecule has 0 saturated carbocycles. The van der Waals surface area contributed by atoms with Gasteiger partial charge in [0.1, 0.15) is 5.75 Å². The Hall–Kier alpha value is -2.45. The van der Waals surface area contributed by atoms with Crippen molar-refractivity contribution in [2.24, 2.45) is 0 Å². The van der Waals surface area contributed by atoms with E-state index in [4.69, 9.17) is 17.0 Å². The third-order valence-electron chi connectivity index (χ3n) is 4.93. The number of benzene rings is 2. The molecule has 1 aliphatic heterocycles. The van der Waals surface area contributed by atoms with Crippen LogP contribution in [0.15, 0.2) is 46.9 Å². The lowest BCUT2D eigenvalue weighted by molar-refractivity contribution is 0.0762. The molecule has 0 radical (unpaired) electrons. The first kappa shape index (κ1) is 22.2. The van der Waals surface area contributed by atoms with Gasteiger partial charge in [-0.2, -0.15) is 0 Å². The van der Waals surface area contributed by atoms with E-state index in [1.807, 2.05) is 17.0 Å². The number of methoxy groups -OCH3 is 1. The van der Waals surface area contributed by atoms with Crippen molar-refractivity contribution in [3.05, 3.63) is 58.1 Å². The largest absolute Gasteiger partial charge is 0.496 e. The molecule has 1 saturated heterocycles. The first-order valence-electron chi connectivity index (χ1n) is 9.84. The van der Waals surface area contributed by atoms with Crippen LogP contribution in [0.5, 0.6) is 5.75 Å². The SMILES string of the molecule is COc1ccc(Br)cc1C(=O)NC(=S)Nc1ccccc1C(=O)N1CCCCCC1. The topological polar surface area (TPSA) is 70.7 Å². The van der Waals surface area contributed by atoms with Crippen LogP contribution in [0.4, 0.5) is 5.69 Å². The third-order valence-corrected chi connectivity index (χ3v) is 5.63. The Balaban J connectivity index is 1.72. The summed E-state index contributed by atoms with van der Waals surface area (Å²) >= 11 is 8.68. The Bertz CT molecular complexity index is 943. The predicted molar refractivity (Wildman–Crippen MR) is 125 cm³/mol. The number of hydrogen-bond donors (Lipinski definition) is 2. The van der Waals surface area contributed by atoms with Crippen molar-refractivity contribution in [2.75, 3.05) is 25.5 Å². The monoisotopic (exact) mass is 489 g/mol. The highest BCUT2D eigenvalue weighted by molar-refractivity contribution is 9.10. The van der Waals surface area contributed by atoms with Crippen LogP contribution in [-0.2, 0) is 0 Å². The molecule has 158 valence electrons. The number of carbonyl (C=O) groups is 2. The zero-order chi connectivity index (χ0) is 21.5. The number of likely N-dealkylation sites (tertiary alicyclic amines) is 1. The minimum absolute atomic E-state index is 0.0252. The molecule has 0 bridgehead atoms. The lowest BCUT2D eigenvalue weighted by Crippen LogP contribution is -2.36. The van der Waals surface area contributed by atoms with E-state index in [-0.39, 0.29) is 11.0 Å². The highest BCUT2D eigenvalue weighted by atomic mass is 79.9. The van der Waals surface area contributed by atoms with Gasteiger partial charge >= 0.3 is 0 Å². The molecule has 2 N–H and O–H groups in total. The Morgan fingerprint density at radius 3 is 2.43 bits per heavy atom. The number of halogens is 1. The summed E-state index contributed by atoms with van der Waals surface area (Å²) in [6.45, 7) is 1.52. The average molecular weight is 490 g/mol. The quantitative estimate of drug-likeness (QED) is 0.614. The Morgan fingerprint density at radius 1 is 1.03 bits per heavy atom. The number of hydrogen-bond acceptors (Lipinski definition) is 4. The smallest absolute Gasteiger partial charge is 0.261 e. The lowest BCUT2D eigenvalue weighted by atomic mass is 10.1. The van der Waals surface area contributed by atoms with E-state index in [9.17, 15) is 9.59 Å². The predicted octanol–water partition coefficient (Wildman–Crippen LogP) is 4.60. The molecule has 0 aromatic heterocycles. The molecule has 2 aromatic rings. The van der Waals surface area contributed by atoms with Crippen LogP contribution in [0.1, 0.15) is 46.4 Å². The Labute approximate surface area is 190 Å². The number of thiocarbonyl (C=S) groups is 1. The summed E-state index contributed by atoms with van der Waals surface area (Å²) in [7, 11) is 1.50. The van der Waals surface area contributed by atoms with Crippen LogP contribution in [0, 0.1) is 0 Å². The minimum atomic E-state index is -0.401. The van der Waals surface area contributed by atoms with E-state index < -0.39 is 5.91 Å². The molecule has 1 fully saturated rings. The lowest BCUT2D eigenvalue weighted by Gasteiger charge is -2.22. The van der Waals surface area contributed by atoms with Gasteiger partial charge in [-0.1, -0.05) is 40.9 Å². The molecule has 0 aliphatic carbocycles. The maximum absolute atomic E-state index is 13.1. The molecule has 3 rings (SSSR count). The van der Waals surface area contributed by atoms with Crippen LogP contribution in [-0.4, -0.2) is 42.0 Å². The number of carbonyl (C=O) groups excluding carboxylic acids is 2. The number of rotatable bonds is 4. The van der Waals surface area contributed by atoms with Gasteiger partial charge in [-0.25, -0.2) is 0 Å². The third kappa shape index (κ3) is 5.58. The molecule has 0 unspecified atom stereocenters. The summed E-state index contributed by atoms with van der Waals surface area (Å²) < 4.78 is 6.00. The number of ether oxygens (including phenoxy) is 1. The maximum Gasteiger partial charge on any atom is 0.261 e. The molecular weight excluding hydrogens is 466 g/mol. The first-order chi connectivity index (χ1) is 14.5. The highest BCUT2D eigenvalue weighted by Gasteiger charge is 2.21. The van der Waals surface area contributed by atoms with Crippen LogP contribution in [0.3, 0.4) is 0 Å². The second kappa shape index (κ2) is 10.5. The van der Waals surface area contributed by atoms with Gasteiger partial charge in [0.05, 0.1) is 23.9 Å². The van der Waals surface area contributed by atoms with Crippen molar-refractivity contribution in [3.63, 3.8) is 0 Å². The van der Waals surface area contributed by atoms with Gasteiger partial charge in [-0.3, -0.25) is 14.9 Å². The van der Waals surface area contributed by atoms with Crippen LogP contribution < -0.4 is 15.4 Å². The molecule has 8 heteroatoms. The van der Waals surface area contributed by atoms with E-state index in [2.05, 4.69) is 26.6 Å². The van der Waals surface area contributed by atoms with Crippen molar-refractivity contribution < 1.29 is 14.3 Å². The first-order valence-corrected chi connectivity index (χ1v) is 11.0. The molecule has 2 amide bonds. The number of para-hydroxylation sites is 1. The van der Waals surface area contributed by atoms with Gasteiger partial charge in [-0.05, 0) is 55.4 Å². The number of amides is 2. The van der Waals surface area contributed by atoms with Crippen molar-refractivity contribution in [1.29, 1.82) is 0 Å². The summed E-state index contributed by atoms with van der Waals surface area (Å²) in [5.41, 5.74) is 1.46. The van der Waals surface area contributed by atoms with E-state index in [1.165, 1.54) is 7.11 Å². The second-order valence-corrected chi connectivity index (χ2v) is 8.33. The van der Waals surface area contributed by atoms with Crippen molar-refractivity contribution in [1.82, 2.24) is 10.2 Å². The van der Waals surface area contributed by atoms with Gasteiger partial charge in [-0.15, -0.1) is 0 Å². The summed E-state index contributed by atoms with van der Waals surface area (Å²) in [6, 6.07) is 12.4. The number of nitrogens with zero attached hydrogens (tertiary/aromatic N) is 1. The Morgan fingerprint density at radius 2 is 1.73 bits per heavy atom. The fraction of sp³-hybridized carbons (Fsp3) is 0.318. The van der Waals surface area contributed by atoms with Crippen molar-refractivity contribution in [3.8, 4) is 5.75 Å². The molecule has 1 aliphatic rings. The average Bonchev–Trinajstić information content (AvgIpc) is 3.03. The van der Waals surface area contributed by atoms with Crippen LogP contribution in [0.2, 0.25) is 0 Å². The summed E-state index contributed by atoms with van der Waals surface area (Å²) in [5, 5.41) is 5.77. The molecule has 0 spiro atoms. The van der Waals surface area contributed by atoms with E-state index >= 15 is 0 Å². The Kier molecular flexibility index (Phi) is 7.81. The van der Waals surface area contributed by atoms with Gasteiger partial charge < -0.3 is 15.0 Å². The summed E-state index contributed by atoms with van der Waals surface area (Å²) in [4.78, 5) is 27.6. The minimum Gasteiger partial charge on any atom is -0.496 e. The van der Waals surface area contributed by atoms with Crippen molar-refractivity contribution in [2.45, 2.75) is 25.7 Å². The van der Waals surface area contributed by atoms with Gasteiger partial charge in [0.2, 0.25) is 0 Å². The van der Waals surface area contributed by atoms with Crippen LogP contribution in [0.25, 0.3) is 0 Å². The molecule has 2 aromatic carbocycles. The molecular formula is C22H24BrN3O3S. The van der Waals surface area contributed by atoms with E-state index in [1.54, 1.807) is 30.3 Å². The molecule has 1 heterocycles. The summed E-state index contributed by atoms with van der Waals surface area (Å²) in [5.74, 6) is 0.0139. The van der Waals surface area contributed by atoms with Crippen LogP contribution >= 0.6 is 28.1 Å². The fourth-order valence-corrected chi connectivity index (χ4v) is 3.97. The number of nitrogens with one attached hydrogen (secondary N) is 2. The molecule has 0 atom stereocenters. The van der Waals surface area contributed by atoms with E-state index in [0.29, 0.717) is 22.6 Å². The van der Waals surface area contributed by atoms with Crippen molar-refractivity contribution >= 4 is 50.8 Å². The normalized spacial score (nSPS) is 13.9. The molecule has 30 heavy (non-hydrogen) atoms. The zero-order valence-corrected chi connectivity index (χ0v) is 19.1. The standard InChI is InChI=1S/C22H24BrN3O3S/c1-29-19-11-10-15(23)14-17(19)20(27)25-22(30)24-18-9-5-4-8-16(18)21(28)26-12-6-2-3-7-13-26/h4-5,8-11,14H,2-3,6-7,12-13H2,1H3,(H2,24,25,27,30).